The summed E-state index contributed by atoms with van der Waals surface area (Å²) >= 11 is 0. The van der Waals surface area contributed by atoms with Crippen molar-refractivity contribution in [3.05, 3.63) is 84.2 Å². The average molecular weight is 527 g/mol. The van der Waals surface area contributed by atoms with E-state index in [4.69, 9.17) is 4.74 Å². The van der Waals surface area contributed by atoms with E-state index in [2.05, 4.69) is 10.1 Å². The third kappa shape index (κ3) is 4.94. The molecule has 0 bridgehead atoms. The van der Waals surface area contributed by atoms with Crippen LogP contribution in [0.5, 0.6) is 0 Å². The summed E-state index contributed by atoms with van der Waals surface area (Å²) in [7, 11) is -4.91. The van der Waals surface area contributed by atoms with Crippen LogP contribution in [-0.2, 0) is 21.3 Å². The first kappa shape index (κ1) is 26.0. The highest BCUT2D eigenvalue weighted by Gasteiger charge is 2.36. The van der Waals surface area contributed by atoms with Crippen LogP contribution in [0, 0.1) is 18.6 Å². The molecule has 0 N–H and O–H groups in total. The molecule has 0 fully saturated rings. The zero-order valence-electron chi connectivity index (χ0n) is 20.4. The highest BCUT2D eigenvalue weighted by atomic mass is 32.2. The number of aryl methyl sites for hydroxylation is 1. The summed E-state index contributed by atoms with van der Waals surface area (Å²) in [5, 5.41) is 4.65. The molecule has 0 radical (unpaired) electrons. The van der Waals surface area contributed by atoms with Crippen LogP contribution in [0.15, 0.2) is 71.9 Å². The highest BCUT2D eigenvalue weighted by Crippen LogP contribution is 2.37. The van der Waals surface area contributed by atoms with E-state index < -0.39 is 32.6 Å². The van der Waals surface area contributed by atoms with Gasteiger partial charge in [-0.1, -0.05) is 18.2 Å². The third-order valence-electron chi connectivity index (χ3n) is 5.65. The molecular formula is C26H24F2N4O4S. The Hall–Kier alpha value is -4.12. The van der Waals surface area contributed by atoms with Gasteiger partial charge in [0.2, 0.25) is 0 Å². The summed E-state index contributed by atoms with van der Waals surface area (Å²) in [6, 6.07) is 12.1. The monoisotopic (exact) mass is 526 g/mol. The fraction of sp³-hybridized carbons (Fsp3) is 0.192. The quantitative estimate of drug-likeness (QED) is 0.313. The lowest BCUT2D eigenvalue weighted by Crippen LogP contribution is -2.38. The van der Waals surface area contributed by atoms with E-state index in [1.165, 1.54) is 13.0 Å². The second-order valence-corrected chi connectivity index (χ2v) is 9.71. The predicted octanol–water partition coefficient (Wildman–Crippen LogP) is 5.57. The van der Waals surface area contributed by atoms with Crippen molar-refractivity contribution < 1.29 is 26.7 Å². The molecule has 0 aliphatic heterocycles. The molecule has 37 heavy (non-hydrogen) atoms. The highest BCUT2D eigenvalue weighted by molar-refractivity contribution is 7.93. The first-order chi connectivity index (χ1) is 17.7. The number of hydrogen-bond acceptors (Lipinski definition) is 6. The molecular weight excluding hydrogens is 502 g/mol. The van der Waals surface area contributed by atoms with Gasteiger partial charge in [-0.05, 0) is 62.7 Å². The van der Waals surface area contributed by atoms with Gasteiger partial charge >= 0.3 is 6.09 Å². The van der Waals surface area contributed by atoms with Gasteiger partial charge in [0.15, 0.2) is 0 Å². The number of benzene rings is 2. The Balaban J connectivity index is 1.94. The Labute approximate surface area is 213 Å². The van der Waals surface area contributed by atoms with Crippen LogP contribution in [0.3, 0.4) is 0 Å². The molecule has 4 rings (SSSR count). The summed E-state index contributed by atoms with van der Waals surface area (Å²) in [5.41, 5.74) is 2.66. The van der Waals surface area contributed by atoms with Gasteiger partial charge < -0.3 is 4.74 Å². The van der Waals surface area contributed by atoms with E-state index in [0.717, 1.165) is 6.07 Å². The van der Waals surface area contributed by atoms with Crippen LogP contribution in [0.4, 0.5) is 19.3 Å². The normalized spacial score (nSPS) is 11.4. The van der Waals surface area contributed by atoms with Crippen molar-refractivity contribution in [2.24, 2.45) is 0 Å². The van der Waals surface area contributed by atoms with Gasteiger partial charge in [-0.25, -0.2) is 22.0 Å². The number of anilines is 1. The molecule has 0 saturated heterocycles. The van der Waals surface area contributed by atoms with E-state index >= 15 is 0 Å². The number of carbonyl (C=O) groups is 1. The van der Waals surface area contributed by atoms with E-state index in [0.29, 0.717) is 51.1 Å². The number of halogens is 2. The van der Waals surface area contributed by atoms with Gasteiger partial charge in [-0.3, -0.25) is 9.67 Å². The second kappa shape index (κ2) is 10.5. The summed E-state index contributed by atoms with van der Waals surface area (Å²) in [6.07, 6.45) is 2.22. The molecule has 4 aromatic rings. The second-order valence-electron chi connectivity index (χ2n) is 7.95. The van der Waals surface area contributed by atoms with Crippen LogP contribution in [-0.4, -0.2) is 35.9 Å². The van der Waals surface area contributed by atoms with Gasteiger partial charge in [0, 0.05) is 30.1 Å². The van der Waals surface area contributed by atoms with E-state index in [1.54, 1.807) is 36.0 Å². The number of amides is 1. The number of rotatable bonds is 7. The van der Waals surface area contributed by atoms with Crippen molar-refractivity contribution in [3.8, 4) is 22.5 Å². The average Bonchev–Trinajstić information content (AvgIpc) is 3.31. The molecule has 0 aliphatic rings. The number of sulfonamides is 1. The van der Waals surface area contributed by atoms with Crippen LogP contribution >= 0.6 is 0 Å². The predicted molar refractivity (Wildman–Crippen MR) is 134 cm³/mol. The van der Waals surface area contributed by atoms with Gasteiger partial charge in [0.05, 0.1) is 18.0 Å². The number of pyridine rings is 1. The Morgan fingerprint density at radius 3 is 2.51 bits per heavy atom. The Morgan fingerprint density at radius 2 is 1.84 bits per heavy atom. The first-order valence-corrected chi connectivity index (χ1v) is 12.9. The van der Waals surface area contributed by atoms with Crippen LogP contribution in [0.2, 0.25) is 0 Å². The topological polar surface area (TPSA) is 94.4 Å². The Kier molecular flexibility index (Phi) is 7.35. The summed E-state index contributed by atoms with van der Waals surface area (Å²) in [4.78, 5) is 16.4. The smallest absolute Gasteiger partial charge is 0.428 e. The largest absolute Gasteiger partial charge is 0.449 e. The van der Waals surface area contributed by atoms with Crippen molar-refractivity contribution >= 4 is 21.8 Å². The van der Waals surface area contributed by atoms with Crippen molar-refractivity contribution in [2.45, 2.75) is 32.2 Å². The lowest BCUT2D eigenvalue weighted by molar-refractivity contribution is 0.164. The fourth-order valence-corrected chi connectivity index (χ4v) is 5.35. The van der Waals surface area contributed by atoms with Gasteiger partial charge in [-0.15, -0.1) is 0 Å². The number of ether oxygens (including phenoxy) is 1. The number of aromatic nitrogens is 3. The number of hydrogen-bond donors (Lipinski definition) is 0. The maximum atomic E-state index is 14.6. The van der Waals surface area contributed by atoms with Crippen molar-refractivity contribution in [1.29, 1.82) is 0 Å². The lowest BCUT2D eigenvalue weighted by Gasteiger charge is -2.24. The molecule has 0 aliphatic carbocycles. The van der Waals surface area contributed by atoms with Gasteiger partial charge in [-0.2, -0.15) is 9.40 Å². The van der Waals surface area contributed by atoms with E-state index in [-0.39, 0.29) is 12.3 Å². The van der Waals surface area contributed by atoms with Gasteiger partial charge in [0.1, 0.15) is 22.2 Å². The minimum absolute atomic E-state index is 0.0855. The Bertz CT molecular complexity index is 1560. The lowest BCUT2D eigenvalue weighted by atomic mass is 9.99. The van der Waals surface area contributed by atoms with E-state index in [1.807, 2.05) is 25.3 Å². The molecule has 11 heteroatoms. The van der Waals surface area contributed by atoms with Gasteiger partial charge in [0.25, 0.3) is 10.0 Å². The first-order valence-electron chi connectivity index (χ1n) is 11.4. The maximum Gasteiger partial charge on any atom is 0.428 e. The molecule has 0 atom stereocenters. The molecule has 0 unspecified atom stereocenters. The molecule has 2 aromatic carbocycles. The van der Waals surface area contributed by atoms with Crippen molar-refractivity contribution in [3.63, 3.8) is 0 Å². The molecule has 0 spiro atoms. The molecule has 192 valence electrons. The zero-order chi connectivity index (χ0) is 26.7. The van der Waals surface area contributed by atoms with Crippen molar-refractivity contribution in [2.75, 3.05) is 10.9 Å². The summed E-state index contributed by atoms with van der Waals surface area (Å²) in [6.45, 7) is 5.47. The molecule has 2 aromatic heterocycles. The molecule has 2 heterocycles. The summed E-state index contributed by atoms with van der Waals surface area (Å²) in [5.74, 6) is -2.18. The fourth-order valence-electron chi connectivity index (χ4n) is 3.87. The molecule has 8 nitrogen and oxygen atoms in total. The third-order valence-corrected chi connectivity index (χ3v) is 7.35. The van der Waals surface area contributed by atoms with Crippen LogP contribution in [0.1, 0.15) is 19.4 Å². The zero-order valence-corrected chi connectivity index (χ0v) is 21.2. The molecule has 1 amide bonds. The minimum Gasteiger partial charge on any atom is -0.449 e. The number of nitrogens with zero attached hydrogens (tertiary/aromatic N) is 4. The van der Waals surface area contributed by atoms with Crippen molar-refractivity contribution in [1.82, 2.24) is 14.8 Å². The minimum atomic E-state index is -4.91. The molecule has 0 saturated carbocycles. The van der Waals surface area contributed by atoms with Crippen LogP contribution < -0.4 is 4.31 Å². The number of carbonyl (C=O) groups excluding carboxylic acids is 1. The standard InChI is InChI=1S/C26H24F2N4O4S/c1-4-31-16-20(22-10-6-7-14-29-22)25(30-31)19-9-8-11-23(17(19)3)32(26(33)36-5-2)37(34,35)24-15-18(27)12-13-21(24)28/h6-16H,4-5H2,1-3H3. The Morgan fingerprint density at radius 1 is 1.05 bits per heavy atom. The summed E-state index contributed by atoms with van der Waals surface area (Å²) < 4.78 is 62.7. The van der Waals surface area contributed by atoms with E-state index in [9.17, 15) is 22.0 Å². The van der Waals surface area contributed by atoms with Crippen LogP contribution in [0.25, 0.3) is 22.5 Å². The SMILES string of the molecule is CCOC(=O)N(c1cccc(-c2nn(CC)cc2-c2ccccn2)c1C)S(=O)(=O)c1cc(F)ccc1F. The maximum absolute atomic E-state index is 14.6.